The van der Waals surface area contributed by atoms with Gasteiger partial charge in [-0.15, -0.1) is 0 Å². The van der Waals surface area contributed by atoms with E-state index in [1.165, 1.54) is 12.5 Å². The van der Waals surface area contributed by atoms with Gasteiger partial charge in [0.05, 0.1) is 24.3 Å². The van der Waals surface area contributed by atoms with Crippen molar-refractivity contribution in [1.82, 2.24) is 14.5 Å². The number of aromatic nitrogens is 3. The van der Waals surface area contributed by atoms with Crippen LogP contribution in [-0.2, 0) is 21.0 Å². The van der Waals surface area contributed by atoms with E-state index < -0.39 is 53.8 Å². The number of carbonyl (C=O) groups is 1. The number of aliphatic hydroxyl groups excluding tert-OH is 1. The lowest BCUT2D eigenvalue weighted by atomic mass is 10.1. The van der Waals surface area contributed by atoms with Gasteiger partial charge in [0.15, 0.2) is 5.78 Å². The molecular formula is C23H25F2N5O6S. The molecule has 4 N–H and O–H groups in total. The van der Waals surface area contributed by atoms with Crippen molar-refractivity contribution in [2.24, 2.45) is 11.1 Å². The monoisotopic (exact) mass is 537 g/mol. The van der Waals surface area contributed by atoms with E-state index in [-0.39, 0.29) is 17.8 Å². The number of benzene rings is 1. The van der Waals surface area contributed by atoms with E-state index in [0.717, 1.165) is 5.56 Å². The van der Waals surface area contributed by atoms with Gasteiger partial charge in [-0.25, -0.2) is 23.9 Å². The Hall–Kier alpha value is -3.46. The van der Waals surface area contributed by atoms with Crippen LogP contribution in [0.25, 0.3) is 0 Å². The molecule has 1 aromatic carbocycles. The number of alkyl halides is 2. The van der Waals surface area contributed by atoms with Gasteiger partial charge in [-0.2, -0.15) is 8.42 Å². The molecular weight excluding hydrogens is 512 g/mol. The standard InChI is InChI=1S/C23H25F2N5O6S/c24-12-35-17-3-1-2-14(6-17)9-30-5-4-15(10-30)21(31)18-8-27-13-28-23(18)29-19-7-16(22(32)20(19)25)11-36-37(26,33)34/h1-6,8,10,13,16,19-20,22,32H,7,9,11-12H2,(H2,26,33,34)(H,27,28,29)/t16-,19-,20-,22-/m1/s1. The van der Waals surface area contributed by atoms with Gasteiger partial charge in [-0.05, 0) is 30.2 Å². The van der Waals surface area contributed by atoms with E-state index >= 15 is 0 Å². The summed E-state index contributed by atoms with van der Waals surface area (Å²) >= 11 is 0. The lowest BCUT2D eigenvalue weighted by Gasteiger charge is -2.18. The van der Waals surface area contributed by atoms with Crippen molar-refractivity contribution in [3.8, 4) is 5.75 Å². The lowest BCUT2D eigenvalue weighted by Crippen LogP contribution is -2.33. The van der Waals surface area contributed by atoms with Gasteiger partial charge in [0.25, 0.3) is 0 Å². The third-order valence-corrected chi connectivity index (χ3v) is 6.44. The quantitative estimate of drug-likeness (QED) is 0.309. The minimum Gasteiger partial charge on any atom is -0.463 e. The second kappa shape index (κ2) is 11.3. The average molecular weight is 538 g/mol. The number of anilines is 1. The van der Waals surface area contributed by atoms with E-state index in [2.05, 4.69) is 19.5 Å². The first-order valence-electron chi connectivity index (χ1n) is 11.2. The molecule has 1 fully saturated rings. The molecule has 0 amide bonds. The maximum Gasteiger partial charge on any atom is 0.333 e. The molecule has 0 radical (unpaired) electrons. The Morgan fingerprint density at radius 2 is 2.14 bits per heavy atom. The molecule has 3 aromatic rings. The largest absolute Gasteiger partial charge is 0.463 e. The first-order valence-corrected chi connectivity index (χ1v) is 12.7. The average Bonchev–Trinajstić information content (AvgIpc) is 3.43. The molecule has 0 bridgehead atoms. The normalized spacial score (nSPS) is 21.6. The molecule has 11 nitrogen and oxygen atoms in total. The topological polar surface area (TPSA) is 159 Å². The van der Waals surface area contributed by atoms with Crippen LogP contribution in [0.2, 0.25) is 0 Å². The number of ketones is 1. The summed E-state index contributed by atoms with van der Waals surface area (Å²) in [6.45, 7) is -1.02. The molecule has 0 spiro atoms. The molecule has 4 rings (SSSR count). The molecule has 1 aliphatic carbocycles. The Morgan fingerprint density at radius 1 is 1.32 bits per heavy atom. The Morgan fingerprint density at radius 3 is 2.89 bits per heavy atom. The lowest BCUT2D eigenvalue weighted by molar-refractivity contribution is 0.0501. The number of carbonyl (C=O) groups excluding carboxylic acids is 1. The smallest absolute Gasteiger partial charge is 0.333 e. The van der Waals surface area contributed by atoms with Crippen molar-refractivity contribution >= 4 is 21.9 Å². The number of nitrogens with one attached hydrogen (secondary N) is 1. The van der Waals surface area contributed by atoms with Gasteiger partial charge in [-0.3, -0.25) is 8.98 Å². The van der Waals surface area contributed by atoms with Gasteiger partial charge in [0.1, 0.15) is 24.1 Å². The van der Waals surface area contributed by atoms with Crippen LogP contribution in [0.15, 0.2) is 55.2 Å². The zero-order valence-electron chi connectivity index (χ0n) is 19.4. The van der Waals surface area contributed by atoms with E-state index in [1.807, 2.05) is 6.07 Å². The summed E-state index contributed by atoms with van der Waals surface area (Å²) in [5.41, 5.74) is 1.25. The first kappa shape index (κ1) is 26.6. The van der Waals surface area contributed by atoms with Crippen molar-refractivity contribution in [3.63, 3.8) is 0 Å². The summed E-state index contributed by atoms with van der Waals surface area (Å²) in [5.74, 6) is -0.798. The summed E-state index contributed by atoms with van der Waals surface area (Å²) < 4.78 is 60.4. The molecule has 1 aliphatic rings. The Labute approximate surface area is 211 Å². The number of rotatable bonds is 11. The van der Waals surface area contributed by atoms with Crippen molar-refractivity contribution in [1.29, 1.82) is 0 Å². The highest BCUT2D eigenvalue weighted by Gasteiger charge is 2.44. The Bertz CT molecular complexity index is 1350. The molecule has 4 atom stereocenters. The van der Waals surface area contributed by atoms with Gasteiger partial charge < -0.3 is 19.7 Å². The fraction of sp³-hybridized carbons (Fsp3) is 0.348. The van der Waals surface area contributed by atoms with Crippen molar-refractivity contribution in [2.75, 3.05) is 18.8 Å². The van der Waals surface area contributed by atoms with Crippen LogP contribution in [0, 0.1) is 5.92 Å². The third-order valence-electron chi connectivity index (χ3n) is 5.97. The van der Waals surface area contributed by atoms with Gasteiger partial charge in [-0.1, -0.05) is 12.1 Å². The van der Waals surface area contributed by atoms with Crippen LogP contribution < -0.4 is 15.2 Å². The highest BCUT2D eigenvalue weighted by molar-refractivity contribution is 7.84. The molecule has 14 heteroatoms. The van der Waals surface area contributed by atoms with Crippen LogP contribution in [0.3, 0.4) is 0 Å². The summed E-state index contributed by atoms with van der Waals surface area (Å²) in [4.78, 5) is 21.2. The molecule has 0 aliphatic heterocycles. The van der Waals surface area contributed by atoms with E-state index in [9.17, 15) is 27.1 Å². The molecule has 2 heterocycles. The van der Waals surface area contributed by atoms with E-state index in [1.54, 1.807) is 41.2 Å². The molecule has 198 valence electrons. The number of nitrogens with zero attached hydrogens (tertiary/aromatic N) is 3. The van der Waals surface area contributed by atoms with Crippen LogP contribution in [-0.4, -0.2) is 65.6 Å². The highest BCUT2D eigenvalue weighted by Crippen LogP contribution is 2.32. The zero-order chi connectivity index (χ0) is 26.6. The second-order valence-electron chi connectivity index (χ2n) is 8.55. The van der Waals surface area contributed by atoms with Crippen LogP contribution >= 0.6 is 0 Å². The number of hydrogen-bond donors (Lipinski definition) is 3. The van der Waals surface area contributed by atoms with Crippen molar-refractivity contribution in [3.05, 3.63) is 71.9 Å². The molecule has 2 aromatic heterocycles. The van der Waals surface area contributed by atoms with E-state index in [0.29, 0.717) is 17.9 Å². The summed E-state index contributed by atoms with van der Waals surface area (Å²) in [6.07, 6.45) is 2.56. The molecule has 1 saturated carbocycles. The van der Waals surface area contributed by atoms with Crippen molar-refractivity contribution < 1.29 is 36.0 Å². The van der Waals surface area contributed by atoms with Crippen LogP contribution in [0.4, 0.5) is 14.6 Å². The second-order valence-corrected chi connectivity index (χ2v) is 9.77. The van der Waals surface area contributed by atoms with Crippen LogP contribution in [0.1, 0.15) is 27.9 Å². The number of nitrogens with two attached hydrogens (primary N) is 1. The summed E-state index contributed by atoms with van der Waals surface area (Å²) in [6, 6.07) is 7.55. The van der Waals surface area contributed by atoms with E-state index in [4.69, 9.17) is 9.88 Å². The van der Waals surface area contributed by atoms with Gasteiger partial charge in [0.2, 0.25) is 6.86 Å². The minimum atomic E-state index is -4.24. The maximum absolute atomic E-state index is 14.8. The predicted molar refractivity (Wildman–Crippen MR) is 128 cm³/mol. The highest BCUT2D eigenvalue weighted by atomic mass is 32.2. The summed E-state index contributed by atoms with van der Waals surface area (Å²) in [5, 5.41) is 17.8. The van der Waals surface area contributed by atoms with Gasteiger partial charge in [0, 0.05) is 36.6 Å². The van der Waals surface area contributed by atoms with Gasteiger partial charge >= 0.3 is 10.3 Å². The SMILES string of the molecule is NS(=O)(=O)OC[C@H]1C[C@@H](Nc2ncncc2C(=O)c2ccn(Cc3cccc(OCF)c3)c2)[C@@H](F)[C@@H]1O. The Balaban J connectivity index is 1.46. The fourth-order valence-electron chi connectivity index (χ4n) is 4.20. The third kappa shape index (κ3) is 6.65. The number of aliphatic hydroxyl groups is 1. The predicted octanol–water partition coefficient (Wildman–Crippen LogP) is 1.58. The number of hydrogen-bond acceptors (Lipinski definition) is 9. The molecule has 0 unspecified atom stereocenters. The first-order chi connectivity index (χ1) is 17.6. The Kier molecular flexibility index (Phi) is 8.12. The summed E-state index contributed by atoms with van der Waals surface area (Å²) in [7, 11) is -4.24. The van der Waals surface area contributed by atoms with Crippen LogP contribution in [0.5, 0.6) is 5.75 Å². The maximum atomic E-state index is 14.8. The van der Waals surface area contributed by atoms with Crippen molar-refractivity contribution in [2.45, 2.75) is 31.3 Å². The molecule has 0 saturated heterocycles. The number of halogens is 2. The molecule has 37 heavy (non-hydrogen) atoms. The zero-order valence-corrected chi connectivity index (χ0v) is 20.2. The number of ether oxygens (including phenoxy) is 1. The fourth-order valence-corrected chi connectivity index (χ4v) is 4.57. The minimum absolute atomic E-state index is 0.0110.